The molecular formula is C72H93N11O15S. The first-order valence-electron chi connectivity index (χ1n) is 32.7. The number of Topliss-reactive ketones (excluding diaryl/α,β-unsaturated/α-hetero) is 4. The lowest BCUT2D eigenvalue weighted by Crippen LogP contribution is -2.32. The summed E-state index contributed by atoms with van der Waals surface area (Å²) in [4.78, 5) is 179. The van der Waals surface area contributed by atoms with Crippen molar-refractivity contribution in [3.63, 3.8) is 0 Å². The standard InChI is InChI=1S/C16H25NO4.C16H19NO3.2C13H14N2O3.C9H11N3O.C5H10N2OS/c1-12-11-15(20)17(16(12)21)10-9-14(19)8-6-4-3-5-7-13(2)18;1-11-10-15(19)17(16(11)20)14-8-6-13(7-9-14)5-3-4-12(2)18;2*1-8-7-12(17)15(13(8)18)11-5-3-10(4-6-11)14-9(2)16;1-3-11-12-9-5-4-8(6-10-9)7(2)13;1-6-7-5(8)3-4-9-2/h12H,3-11H2,1-2H3;6-9,11H,3-5,10H2,1-2H3;2*3-6,8H,7H2,1-2H3,(H,14,16);3-6H,1-2H3,(H,10,12);3-4H2,1-2H3/b;;;;11-3+;. The number of carbonyl (C=O) groups excluding carboxylic acids is 15. The fraction of sp³-hybridized carbons (Fsp3) is 0.458. The van der Waals surface area contributed by atoms with Crippen molar-refractivity contribution in [3.8, 4) is 0 Å². The van der Waals surface area contributed by atoms with E-state index in [1.165, 1.54) is 53.6 Å². The van der Waals surface area contributed by atoms with Gasteiger partial charge in [0.2, 0.25) is 59.1 Å². The van der Waals surface area contributed by atoms with E-state index < -0.39 is 0 Å². The molecule has 99 heavy (non-hydrogen) atoms. The highest BCUT2D eigenvalue weighted by molar-refractivity contribution is 7.98. The molecular weight excluding hydrogens is 1290 g/mol. The number of anilines is 6. The van der Waals surface area contributed by atoms with E-state index in [-0.39, 0.29) is 144 Å². The Morgan fingerprint density at radius 2 is 0.949 bits per heavy atom. The Kier molecular flexibility index (Phi) is 36.5. The fourth-order valence-electron chi connectivity index (χ4n) is 9.96. The van der Waals surface area contributed by atoms with Crippen LogP contribution in [0.2, 0.25) is 0 Å². The summed E-state index contributed by atoms with van der Waals surface area (Å²) in [6.45, 7) is 16.6. The maximum absolute atomic E-state index is 11.9. The van der Waals surface area contributed by atoms with Gasteiger partial charge in [-0.25, -0.2) is 4.98 Å². The minimum absolute atomic E-state index is 0.0121. The molecule has 8 rings (SSSR count). The van der Waals surface area contributed by atoms with Crippen LogP contribution in [-0.4, -0.2) is 130 Å². The van der Waals surface area contributed by atoms with Crippen LogP contribution in [0.3, 0.4) is 0 Å². The summed E-state index contributed by atoms with van der Waals surface area (Å²) in [5, 5.41) is 15.7. The first kappa shape index (κ1) is 83.3. The first-order valence-corrected chi connectivity index (χ1v) is 34.1. The highest BCUT2D eigenvalue weighted by atomic mass is 32.2. The summed E-state index contributed by atoms with van der Waals surface area (Å²) in [5.41, 5.74) is 7.43. The molecule has 0 radical (unpaired) electrons. The van der Waals surface area contributed by atoms with Gasteiger partial charge >= 0.3 is 0 Å². The number of nitrogens with zero attached hydrogens (tertiary/aromatic N) is 8. The van der Waals surface area contributed by atoms with E-state index in [1.54, 1.807) is 139 Å². The van der Waals surface area contributed by atoms with Crippen LogP contribution in [0.5, 0.6) is 0 Å². The number of nitrogens with one attached hydrogen (secondary N) is 3. The molecule has 4 aliphatic heterocycles. The molecule has 4 saturated heterocycles. The predicted molar refractivity (Wildman–Crippen MR) is 380 cm³/mol. The third-order valence-corrected chi connectivity index (χ3v) is 15.8. The maximum Gasteiger partial charge on any atom is 0.265 e. The summed E-state index contributed by atoms with van der Waals surface area (Å²) in [5.74, 6) is -0.746. The second-order valence-corrected chi connectivity index (χ2v) is 25.0. The van der Waals surface area contributed by atoms with Gasteiger partial charge in [0.05, 0.1) is 17.1 Å². The van der Waals surface area contributed by atoms with Crippen LogP contribution in [0, 0.1) is 23.7 Å². The quantitative estimate of drug-likeness (QED) is 0.0139. The average Bonchev–Trinajstić information content (AvgIpc) is 1.70. The number of carbonyl (C=O) groups is 15. The van der Waals surface area contributed by atoms with Crippen LogP contribution in [0.4, 0.5) is 34.3 Å². The summed E-state index contributed by atoms with van der Waals surface area (Å²) >= 11 is 1.63. The molecule has 0 aliphatic carbocycles. The number of hydrazone groups is 1. The summed E-state index contributed by atoms with van der Waals surface area (Å²) in [7, 11) is 1.50. The number of likely N-dealkylation sites (tertiary alicyclic amines) is 1. The molecule has 1 aromatic heterocycles. The number of aryl methyl sites for hydroxylation is 1. The molecule has 11 amide bonds. The van der Waals surface area contributed by atoms with Crippen LogP contribution in [0.1, 0.15) is 175 Å². The molecule has 3 N–H and O–H groups in total. The number of pyridine rings is 1. The number of unbranched alkanes of at least 4 members (excludes halogenated alkanes) is 3. The van der Waals surface area contributed by atoms with Crippen molar-refractivity contribution < 1.29 is 71.9 Å². The topological polar surface area (TPSA) is 355 Å². The maximum atomic E-state index is 11.9. The molecule has 4 aromatic rings. The summed E-state index contributed by atoms with van der Waals surface area (Å²) < 4.78 is 0. The van der Waals surface area contributed by atoms with Gasteiger partial charge in [-0.1, -0.05) is 52.7 Å². The van der Waals surface area contributed by atoms with Gasteiger partial charge in [0.15, 0.2) is 5.78 Å². The Bertz CT molecular complexity index is 3460. The number of azo groups is 1. The Balaban J connectivity index is 0.000000314. The second kappa shape index (κ2) is 43.4. The van der Waals surface area contributed by atoms with Gasteiger partial charge in [-0.15, -0.1) is 5.11 Å². The van der Waals surface area contributed by atoms with Gasteiger partial charge < -0.3 is 20.2 Å². The van der Waals surface area contributed by atoms with Crippen molar-refractivity contribution in [1.29, 1.82) is 0 Å². The van der Waals surface area contributed by atoms with Crippen molar-refractivity contribution in [1.82, 2.24) is 9.88 Å². The van der Waals surface area contributed by atoms with E-state index in [0.717, 1.165) is 49.8 Å². The molecule has 4 unspecified atom stereocenters. The van der Waals surface area contributed by atoms with E-state index in [4.69, 9.17) is 0 Å². The third-order valence-electron chi connectivity index (χ3n) is 15.2. The molecule has 4 fully saturated rings. The van der Waals surface area contributed by atoms with Crippen LogP contribution < -0.4 is 30.8 Å². The summed E-state index contributed by atoms with van der Waals surface area (Å²) in [6.07, 6.45) is 13.9. The van der Waals surface area contributed by atoms with Crippen molar-refractivity contribution in [2.75, 3.05) is 56.4 Å². The largest absolute Gasteiger partial charge is 0.326 e. The number of amides is 11. The molecule has 0 bridgehead atoms. The van der Waals surface area contributed by atoms with Gasteiger partial charge in [0.1, 0.15) is 23.2 Å². The number of aromatic nitrogens is 1. The molecule has 4 atom stereocenters. The molecule has 4 aliphatic rings. The van der Waals surface area contributed by atoms with E-state index in [9.17, 15) is 71.9 Å². The smallest absolute Gasteiger partial charge is 0.265 e. The van der Waals surface area contributed by atoms with E-state index in [2.05, 4.69) is 36.4 Å². The molecule has 3 aromatic carbocycles. The average molecular weight is 1380 g/mol. The Morgan fingerprint density at radius 3 is 1.30 bits per heavy atom. The Morgan fingerprint density at radius 1 is 0.525 bits per heavy atom. The van der Waals surface area contributed by atoms with Crippen LogP contribution in [0.25, 0.3) is 0 Å². The van der Waals surface area contributed by atoms with Crippen molar-refractivity contribution in [3.05, 3.63) is 102 Å². The first-order chi connectivity index (χ1) is 46.9. The van der Waals surface area contributed by atoms with Gasteiger partial charge in [-0.05, 0) is 138 Å². The van der Waals surface area contributed by atoms with Crippen molar-refractivity contribution >= 4 is 140 Å². The Labute approximate surface area is 582 Å². The van der Waals surface area contributed by atoms with E-state index >= 15 is 0 Å². The highest BCUT2D eigenvalue weighted by Gasteiger charge is 2.39. The zero-order valence-corrected chi connectivity index (χ0v) is 59.5. The zero-order valence-electron chi connectivity index (χ0n) is 58.7. The van der Waals surface area contributed by atoms with Crippen molar-refractivity contribution in [2.24, 2.45) is 39.0 Å². The monoisotopic (exact) mass is 1380 g/mol. The van der Waals surface area contributed by atoms with Gasteiger partial charge in [-0.3, -0.25) is 87.4 Å². The number of thioether (sulfide) groups is 1. The number of hydrogen-bond donors (Lipinski definition) is 3. The van der Waals surface area contributed by atoms with Crippen LogP contribution in [0.15, 0.2) is 106 Å². The normalized spacial score (nSPS) is 17.0. The highest BCUT2D eigenvalue weighted by Crippen LogP contribution is 2.30. The molecule has 0 spiro atoms. The second-order valence-electron chi connectivity index (χ2n) is 24.0. The molecule has 27 heteroatoms. The fourth-order valence-corrected chi connectivity index (χ4v) is 10.3. The SMILES string of the molecule is C/C=N/Nc1ccc(C(C)=O)cn1.CC(=O)CCCCCCC(=O)CCN1C(=O)CC(C)C1=O.CC(=O)CCCc1ccc(N2C(=O)CC(C)C2=O)cc1.CC(=O)Nc1ccc(N2C(=O)CC(C)C2=O)cc1.CC(=O)Nc1ccc(N2C(=O)CC(C)C2=O)cc1.CN=NC(=O)CCSC. The number of imide groups is 4. The third kappa shape index (κ3) is 29.4. The van der Waals surface area contributed by atoms with Crippen LogP contribution in [-0.2, 0) is 73.5 Å². The molecule has 5 heterocycles. The Hall–Kier alpha value is -9.92. The zero-order chi connectivity index (χ0) is 73.9. The van der Waals surface area contributed by atoms with Gasteiger partial charge in [0, 0.05) is 144 Å². The minimum Gasteiger partial charge on any atom is -0.326 e. The number of hydrogen-bond acceptors (Lipinski definition) is 20. The van der Waals surface area contributed by atoms with Crippen LogP contribution >= 0.6 is 11.8 Å². The van der Waals surface area contributed by atoms with Crippen molar-refractivity contribution in [2.45, 2.75) is 166 Å². The number of ketones is 4. The summed E-state index contributed by atoms with van der Waals surface area (Å²) in [6, 6.07) is 24.1. The molecule has 532 valence electrons. The minimum atomic E-state index is -0.257. The van der Waals surface area contributed by atoms with Gasteiger partial charge in [0.25, 0.3) is 5.91 Å². The lowest BCUT2D eigenvalue weighted by molar-refractivity contribution is -0.140. The molecule has 26 nitrogen and oxygen atoms in total. The van der Waals surface area contributed by atoms with Gasteiger partial charge in [-0.2, -0.15) is 22.0 Å². The van der Waals surface area contributed by atoms with E-state index in [0.29, 0.717) is 71.9 Å². The molecule has 0 saturated carbocycles. The number of rotatable bonds is 25. The number of benzene rings is 3. The lowest BCUT2D eigenvalue weighted by Gasteiger charge is -2.14. The van der Waals surface area contributed by atoms with E-state index in [1.807, 2.05) is 18.4 Å². The predicted octanol–water partition coefficient (Wildman–Crippen LogP) is 10.9. The lowest BCUT2D eigenvalue weighted by atomic mass is 10.1.